The molecule has 6 nitrogen and oxygen atoms in total. The van der Waals surface area contributed by atoms with Crippen molar-refractivity contribution in [3.05, 3.63) is 35.9 Å². The average molecular weight is 230 g/mol. The van der Waals surface area contributed by atoms with E-state index in [-0.39, 0.29) is 5.82 Å². The van der Waals surface area contributed by atoms with Gasteiger partial charge in [0.25, 0.3) is 5.91 Å². The highest BCUT2D eigenvalue weighted by Crippen LogP contribution is 2.25. The third kappa shape index (κ3) is 1.54. The molecule has 1 amide bonds. The van der Waals surface area contributed by atoms with E-state index < -0.39 is 5.91 Å². The Bertz CT molecular complexity index is 591. The van der Waals surface area contributed by atoms with Gasteiger partial charge in [-0.3, -0.25) is 4.79 Å². The van der Waals surface area contributed by atoms with Gasteiger partial charge in [0, 0.05) is 6.42 Å². The minimum absolute atomic E-state index is 0.0386. The van der Waals surface area contributed by atoms with E-state index in [0.29, 0.717) is 18.9 Å². The summed E-state index contributed by atoms with van der Waals surface area (Å²) in [6.07, 6.45) is 0.592. The van der Waals surface area contributed by atoms with E-state index in [1.807, 2.05) is 24.3 Å². The smallest absolute Gasteiger partial charge is 0.288 e. The predicted octanol–water partition coefficient (Wildman–Crippen LogP) is 0.301. The van der Waals surface area contributed by atoms with Gasteiger partial charge in [0.2, 0.25) is 5.82 Å². The number of nitrogens with two attached hydrogens (primary N) is 1. The fourth-order valence-electron chi connectivity index (χ4n) is 1.81. The van der Waals surface area contributed by atoms with Crippen LogP contribution in [0.15, 0.2) is 24.3 Å². The Balaban J connectivity index is 2.21. The van der Waals surface area contributed by atoms with Crippen molar-refractivity contribution in [2.75, 3.05) is 6.61 Å². The van der Waals surface area contributed by atoms with Gasteiger partial charge in [-0.15, -0.1) is 5.10 Å². The third-order valence-electron chi connectivity index (χ3n) is 2.57. The quantitative estimate of drug-likeness (QED) is 0.763. The SMILES string of the molecule is NC(=O)c1nc2n(n1)-c1ccccc1OCC2. The molecule has 2 heterocycles. The van der Waals surface area contributed by atoms with Gasteiger partial charge in [-0.2, -0.15) is 0 Å². The van der Waals surface area contributed by atoms with E-state index in [2.05, 4.69) is 10.1 Å². The van der Waals surface area contributed by atoms with Gasteiger partial charge in [0.05, 0.1) is 6.61 Å². The van der Waals surface area contributed by atoms with Crippen LogP contribution in [0.3, 0.4) is 0 Å². The minimum atomic E-state index is -0.621. The zero-order chi connectivity index (χ0) is 11.8. The zero-order valence-corrected chi connectivity index (χ0v) is 8.96. The van der Waals surface area contributed by atoms with E-state index in [9.17, 15) is 4.79 Å². The molecule has 0 bridgehead atoms. The number of carbonyl (C=O) groups is 1. The number of aromatic nitrogens is 3. The summed E-state index contributed by atoms with van der Waals surface area (Å²) < 4.78 is 7.19. The molecule has 0 fully saturated rings. The molecule has 2 aromatic rings. The Morgan fingerprint density at radius 2 is 2.24 bits per heavy atom. The number of hydrogen-bond acceptors (Lipinski definition) is 4. The first-order valence-electron chi connectivity index (χ1n) is 5.23. The van der Waals surface area contributed by atoms with Gasteiger partial charge in [-0.25, -0.2) is 9.67 Å². The highest BCUT2D eigenvalue weighted by molar-refractivity contribution is 5.88. The molecule has 1 aromatic carbocycles. The summed E-state index contributed by atoms with van der Waals surface area (Å²) in [7, 11) is 0. The number of amides is 1. The summed E-state index contributed by atoms with van der Waals surface area (Å²) in [6, 6.07) is 7.48. The standard InChI is InChI=1S/C11H10N4O2/c12-10(16)11-13-9-5-6-17-8-4-2-1-3-7(8)15(9)14-11/h1-4H,5-6H2,(H2,12,16). The number of nitrogens with zero attached hydrogens (tertiary/aromatic N) is 3. The molecule has 0 aliphatic carbocycles. The van der Waals surface area contributed by atoms with Crippen molar-refractivity contribution in [3.8, 4) is 11.4 Å². The Morgan fingerprint density at radius 3 is 3.06 bits per heavy atom. The van der Waals surface area contributed by atoms with Crippen LogP contribution in [0.25, 0.3) is 5.69 Å². The molecule has 0 spiro atoms. The van der Waals surface area contributed by atoms with Crippen LogP contribution in [0.4, 0.5) is 0 Å². The van der Waals surface area contributed by atoms with E-state index in [0.717, 1.165) is 11.4 Å². The van der Waals surface area contributed by atoms with Gasteiger partial charge in [0.15, 0.2) is 0 Å². The number of ether oxygens (including phenoxy) is 1. The summed E-state index contributed by atoms with van der Waals surface area (Å²) in [4.78, 5) is 15.2. The maximum Gasteiger partial charge on any atom is 0.288 e. The van der Waals surface area contributed by atoms with Gasteiger partial charge >= 0.3 is 0 Å². The van der Waals surface area contributed by atoms with Crippen LogP contribution >= 0.6 is 0 Å². The second-order valence-electron chi connectivity index (χ2n) is 3.69. The molecule has 0 unspecified atom stereocenters. The van der Waals surface area contributed by atoms with Gasteiger partial charge in [-0.05, 0) is 12.1 Å². The molecule has 17 heavy (non-hydrogen) atoms. The molecule has 3 rings (SSSR count). The maximum atomic E-state index is 11.1. The van der Waals surface area contributed by atoms with Crippen molar-refractivity contribution in [1.82, 2.24) is 14.8 Å². The number of carbonyl (C=O) groups excluding carboxylic acids is 1. The Labute approximate surface area is 97.0 Å². The van der Waals surface area contributed by atoms with Gasteiger partial charge < -0.3 is 10.5 Å². The molecule has 1 aliphatic heterocycles. The largest absolute Gasteiger partial charge is 0.491 e. The molecule has 1 aliphatic rings. The fourth-order valence-corrected chi connectivity index (χ4v) is 1.81. The lowest BCUT2D eigenvalue weighted by Crippen LogP contribution is -2.13. The summed E-state index contributed by atoms with van der Waals surface area (Å²) in [5, 5.41) is 4.10. The van der Waals surface area contributed by atoms with Crippen molar-refractivity contribution in [3.63, 3.8) is 0 Å². The first-order chi connectivity index (χ1) is 8.25. The van der Waals surface area contributed by atoms with E-state index in [4.69, 9.17) is 10.5 Å². The van der Waals surface area contributed by atoms with Crippen molar-refractivity contribution in [1.29, 1.82) is 0 Å². The van der Waals surface area contributed by atoms with Crippen LogP contribution < -0.4 is 10.5 Å². The number of benzene rings is 1. The third-order valence-corrected chi connectivity index (χ3v) is 2.57. The number of primary amides is 1. The summed E-state index contributed by atoms with van der Waals surface area (Å²) >= 11 is 0. The molecule has 86 valence electrons. The number of fused-ring (bicyclic) bond motifs is 3. The molecular weight excluding hydrogens is 220 g/mol. The molecular formula is C11H10N4O2. The Morgan fingerprint density at radius 1 is 1.41 bits per heavy atom. The van der Waals surface area contributed by atoms with Crippen molar-refractivity contribution < 1.29 is 9.53 Å². The molecule has 0 atom stereocenters. The molecule has 0 radical (unpaired) electrons. The highest BCUT2D eigenvalue weighted by atomic mass is 16.5. The molecule has 1 aromatic heterocycles. The minimum Gasteiger partial charge on any atom is -0.491 e. The van der Waals surface area contributed by atoms with E-state index in [1.165, 1.54) is 0 Å². The Hall–Kier alpha value is -2.37. The first-order valence-corrected chi connectivity index (χ1v) is 5.23. The predicted molar refractivity (Wildman–Crippen MR) is 59.1 cm³/mol. The highest BCUT2D eigenvalue weighted by Gasteiger charge is 2.20. The van der Waals surface area contributed by atoms with Crippen molar-refractivity contribution in [2.45, 2.75) is 6.42 Å². The second kappa shape index (κ2) is 3.58. The number of para-hydroxylation sites is 2. The van der Waals surface area contributed by atoms with Crippen LogP contribution in [0.1, 0.15) is 16.4 Å². The molecule has 0 saturated heterocycles. The van der Waals surface area contributed by atoms with Crippen LogP contribution in [-0.2, 0) is 6.42 Å². The topological polar surface area (TPSA) is 83.0 Å². The van der Waals surface area contributed by atoms with E-state index in [1.54, 1.807) is 4.68 Å². The zero-order valence-electron chi connectivity index (χ0n) is 8.96. The molecule has 6 heteroatoms. The number of hydrogen-bond donors (Lipinski definition) is 1. The van der Waals surface area contributed by atoms with Crippen molar-refractivity contribution in [2.24, 2.45) is 5.73 Å². The van der Waals surface area contributed by atoms with Crippen LogP contribution in [0, 0.1) is 0 Å². The normalized spacial score (nSPS) is 13.2. The first kappa shape index (κ1) is 9.83. The molecule has 2 N–H and O–H groups in total. The van der Waals surface area contributed by atoms with Gasteiger partial charge in [-0.1, -0.05) is 12.1 Å². The van der Waals surface area contributed by atoms with Gasteiger partial charge in [0.1, 0.15) is 17.3 Å². The number of rotatable bonds is 1. The lowest BCUT2D eigenvalue weighted by molar-refractivity contribution is 0.0990. The van der Waals surface area contributed by atoms with Crippen LogP contribution in [-0.4, -0.2) is 27.3 Å². The van der Waals surface area contributed by atoms with Crippen molar-refractivity contribution >= 4 is 5.91 Å². The Kier molecular flexibility index (Phi) is 2.07. The monoisotopic (exact) mass is 230 g/mol. The molecule has 0 saturated carbocycles. The van der Waals surface area contributed by atoms with Crippen LogP contribution in [0.5, 0.6) is 5.75 Å². The lowest BCUT2D eigenvalue weighted by atomic mass is 10.3. The van der Waals surface area contributed by atoms with Crippen LogP contribution in [0.2, 0.25) is 0 Å². The summed E-state index contributed by atoms with van der Waals surface area (Å²) in [5.74, 6) is 0.830. The van der Waals surface area contributed by atoms with E-state index >= 15 is 0 Å². The lowest BCUT2D eigenvalue weighted by Gasteiger charge is -2.06. The average Bonchev–Trinajstić information content (AvgIpc) is 2.67. The summed E-state index contributed by atoms with van der Waals surface area (Å²) in [6.45, 7) is 0.508. The second-order valence-corrected chi connectivity index (χ2v) is 3.69. The fraction of sp³-hybridized carbons (Fsp3) is 0.182. The summed E-state index contributed by atoms with van der Waals surface area (Å²) in [5.41, 5.74) is 5.95. The maximum absolute atomic E-state index is 11.1.